The van der Waals surface area contributed by atoms with E-state index in [-0.39, 0.29) is 12.4 Å². The summed E-state index contributed by atoms with van der Waals surface area (Å²) in [5.41, 5.74) is 5.88. The largest absolute Gasteiger partial charge is 0.390 e. The van der Waals surface area contributed by atoms with Crippen molar-refractivity contribution in [2.24, 2.45) is 12.8 Å². The molecular weight excluding hydrogens is 217 g/mol. The molecule has 0 aliphatic heterocycles. The van der Waals surface area contributed by atoms with Crippen LogP contribution in [-0.4, -0.2) is 10.7 Å². The number of nitrogens with two attached hydrogens (primary N) is 1. The van der Waals surface area contributed by atoms with E-state index < -0.39 is 18.6 Å². The molecule has 1 aromatic heterocycles. The first-order chi connectivity index (χ1) is 5.90. The Morgan fingerprint density at radius 3 is 2.43 bits per heavy atom. The Balaban J connectivity index is 0.00000169. The molecule has 2 N–H and O–H groups in total. The Labute approximate surface area is 86.3 Å². The molecule has 0 amide bonds. The maximum atomic E-state index is 11.9. The van der Waals surface area contributed by atoms with Crippen LogP contribution >= 0.6 is 12.4 Å². The van der Waals surface area contributed by atoms with Gasteiger partial charge in [0.15, 0.2) is 0 Å². The van der Waals surface area contributed by atoms with Crippen molar-refractivity contribution in [2.75, 3.05) is 0 Å². The maximum Gasteiger partial charge on any atom is 0.390 e. The third kappa shape index (κ3) is 3.59. The van der Waals surface area contributed by atoms with E-state index in [1.807, 2.05) is 0 Å². The smallest absolute Gasteiger partial charge is 0.353 e. The predicted octanol–water partition coefficient (Wildman–Crippen LogP) is 2.40. The van der Waals surface area contributed by atoms with Gasteiger partial charge in [0, 0.05) is 18.9 Å². The minimum absolute atomic E-state index is 0. The second kappa shape index (κ2) is 4.70. The molecule has 0 spiro atoms. The molecule has 0 unspecified atom stereocenters. The van der Waals surface area contributed by atoms with Crippen LogP contribution in [0.4, 0.5) is 13.2 Å². The third-order valence-corrected chi connectivity index (χ3v) is 1.82. The molecule has 1 atom stereocenters. The molecule has 1 heterocycles. The van der Waals surface area contributed by atoms with Crippen LogP contribution in [0.25, 0.3) is 0 Å². The van der Waals surface area contributed by atoms with Crippen molar-refractivity contribution in [1.82, 2.24) is 4.57 Å². The van der Waals surface area contributed by atoms with E-state index in [0.29, 0.717) is 5.69 Å². The third-order valence-electron chi connectivity index (χ3n) is 1.82. The number of rotatable bonds is 2. The van der Waals surface area contributed by atoms with Crippen molar-refractivity contribution >= 4 is 12.4 Å². The molecule has 0 bridgehead atoms. The fourth-order valence-corrected chi connectivity index (χ4v) is 1.21. The molecule has 0 saturated heterocycles. The lowest BCUT2D eigenvalue weighted by Gasteiger charge is -2.14. The molecule has 6 heteroatoms. The van der Waals surface area contributed by atoms with Crippen LogP contribution in [0.15, 0.2) is 18.3 Å². The molecule has 82 valence electrons. The van der Waals surface area contributed by atoms with Crippen LogP contribution in [0.2, 0.25) is 0 Å². The highest BCUT2D eigenvalue weighted by Crippen LogP contribution is 2.27. The van der Waals surface area contributed by atoms with Crippen LogP contribution < -0.4 is 5.73 Å². The number of nitrogens with zero attached hydrogens (tertiary/aromatic N) is 1. The Kier molecular flexibility index (Phi) is 4.48. The van der Waals surface area contributed by atoms with E-state index in [4.69, 9.17) is 5.73 Å². The highest BCUT2D eigenvalue weighted by Gasteiger charge is 2.31. The number of aryl methyl sites for hydroxylation is 1. The van der Waals surface area contributed by atoms with Crippen molar-refractivity contribution in [1.29, 1.82) is 0 Å². The highest BCUT2D eigenvalue weighted by molar-refractivity contribution is 5.85. The molecule has 1 aromatic rings. The van der Waals surface area contributed by atoms with E-state index in [9.17, 15) is 13.2 Å². The SMILES string of the molecule is Cl.Cn1cccc1[C@H](N)CC(F)(F)F. The van der Waals surface area contributed by atoms with Crippen molar-refractivity contribution in [2.45, 2.75) is 18.6 Å². The fraction of sp³-hybridized carbons (Fsp3) is 0.500. The number of hydrogen-bond acceptors (Lipinski definition) is 1. The second-order valence-corrected chi connectivity index (χ2v) is 2.97. The lowest BCUT2D eigenvalue weighted by atomic mass is 10.1. The number of halogens is 4. The summed E-state index contributed by atoms with van der Waals surface area (Å²) >= 11 is 0. The molecule has 0 aliphatic rings. The number of hydrogen-bond donors (Lipinski definition) is 1. The van der Waals surface area contributed by atoms with E-state index in [1.165, 1.54) is 0 Å². The van der Waals surface area contributed by atoms with Gasteiger partial charge in [0.25, 0.3) is 0 Å². The topological polar surface area (TPSA) is 30.9 Å². The van der Waals surface area contributed by atoms with Gasteiger partial charge >= 0.3 is 6.18 Å². The van der Waals surface area contributed by atoms with Crippen molar-refractivity contribution in [3.05, 3.63) is 24.0 Å². The summed E-state index contributed by atoms with van der Waals surface area (Å²) in [6, 6.07) is 2.29. The standard InChI is InChI=1S/C8H11F3N2.ClH/c1-13-4-2-3-7(13)6(12)5-8(9,10)11;/h2-4,6H,5,12H2,1H3;1H/t6-;/m1./s1. The minimum Gasteiger partial charge on any atom is -0.353 e. The molecule has 0 aliphatic carbocycles. The summed E-state index contributed by atoms with van der Waals surface area (Å²) in [6.45, 7) is 0. The van der Waals surface area contributed by atoms with Crippen molar-refractivity contribution in [3.8, 4) is 0 Å². The average molecular weight is 229 g/mol. The van der Waals surface area contributed by atoms with Crippen LogP contribution in [0, 0.1) is 0 Å². The van der Waals surface area contributed by atoms with Crippen molar-refractivity contribution in [3.63, 3.8) is 0 Å². The fourth-order valence-electron chi connectivity index (χ4n) is 1.21. The highest BCUT2D eigenvalue weighted by atomic mass is 35.5. The van der Waals surface area contributed by atoms with Gasteiger partial charge in [-0.3, -0.25) is 0 Å². The summed E-state index contributed by atoms with van der Waals surface area (Å²) in [5, 5.41) is 0. The van der Waals surface area contributed by atoms with Crippen LogP contribution in [-0.2, 0) is 7.05 Å². The Morgan fingerprint density at radius 2 is 2.07 bits per heavy atom. The van der Waals surface area contributed by atoms with Crippen molar-refractivity contribution < 1.29 is 13.2 Å². The van der Waals surface area contributed by atoms with Gasteiger partial charge in [-0.05, 0) is 12.1 Å². The number of aromatic nitrogens is 1. The first-order valence-corrected chi connectivity index (χ1v) is 3.84. The quantitative estimate of drug-likeness (QED) is 0.828. The molecule has 14 heavy (non-hydrogen) atoms. The van der Waals surface area contributed by atoms with E-state index in [1.54, 1.807) is 29.9 Å². The van der Waals surface area contributed by atoms with E-state index in [2.05, 4.69) is 0 Å². The summed E-state index contributed by atoms with van der Waals surface area (Å²) in [7, 11) is 1.67. The number of alkyl halides is 3. The predicted molar refractivity (Wildman–Crippen MR) is 50.3 cm³/mol. The van der Waals surface area contributed by atoms with Gasteiger partial charge in [-0.1, -0.05) is 0 Å². The lowest BCUT2D eigenvalue weighted by molar-refractivity contribution is -0.138. The summed E-state index contributed by atoms with van der Waals surface area (Å²) < 4.78 is 37.4. The summed E-state index contributed by atoms with van der Waals surface area (Å²) in [4.78, 5) is 0. The molecule has 2 nitrogen and oxygen atoms in total. The van der Waals surface area contributed by atoms with Gasteiger partial charge in [-0.25, -0.2) is 0 Å². The Bertz CT molecular complexity index is 282. The average Bonchev–Trinajstić information content (AvgIpc) is 2.30. The molecule has 0 fully saturated rings. The molecular formula is C8H12ClF3N2. The van der Waals surface area contributed by atoms with Gasteiger partial charge in [0.05, 0.1) is 12.5 Å². The van der Waals surface area contributed by atoms with Gasteiger partial charge in [-0.2, -0.15) is 13.2 Å². The first-order valence-electron chi connectivity index (χ1n) is 3.84. The van der Waals surface area contributed by atoms with Gasteiger partial charge in [0.1, 0.15) is 0 Å². The zero-order valence-electron chi connectivity index (χ0n) is 7.58. The Morgan fingerprint density at radius 1 is 1.50 bits per heavy atom. The monoisotopic (exact) mass is 228 g/mol. The normalized spacial score (nSPS) is 13.5. The minimum atomic E-state index is -4.20. The van der Waals surface area contributed by atoms with E-state index >= 15 is 0 Å². The lowest BCUT2D eigenvalue weighted by Crippen LogP contribution is -2.21. The summed E-state index contributed by atoms with van der Waals surface area (Å²) in [5.74, 6) is 0. The summed E-state index contributed by atoms with van der Waals surface area (Å²) in [6.07, 6.45) is -3.51. The van der Waals surface area contributed by atoms with E-state index in [0.717, 1.165) is 0 Å². The van der Waals surface area contributed by atoms with Crippen LogP contribution in [0.5, 0.6) is 0 Å². The maximum absolute atomic E-state index is 11.9. The zero-order chi connectivity index (χ0) is 10.1. The molecule has 0 aromatic carbocycles. The Hall–Kier alpha value is -0.680. The van der Waals surface area contributed by atoms with Gasteiger partial charge < -0.3 is 10.3 Å². The second-order valence-electron chi connectivity index (χ2n) is 2.97. The first kappa shape index (κ1) is 13.3. The van der Waals surface area contributed by atoms with Gasteiger partial charge in [-0.15, -0.1) is 12.4 Å². The molecule has 1 rings (SSSR count). The van der Waals surface area contributed by atoms with Gasteiger partial charge in [0.2, 0.25) is 0 Å². The molecule has 0 saturated carbocycles. The molecule has 0 radical (unpaired) electrons. The van der Waals surface area contributed by atoms with Crippen LogP contribution in [0.1, 0.15) is 18.2 Å². The zero-order valence-corrected chi connectivity index (χ0v) is 8.40. The van der Waals surface area contributed by atoms with Crippen LogP contribution in [0.3, 0.4) is 0 Å².